The third kappa shape index (κ3) is 4.49. The Hall–Kier alpha value is -2.73. The molecule has 0 bridgehead atoms. The number of amides is 1. The average Bonchev–Trinajstić information content (AvgIpc) is 3.28. The number of carbonyl (C=O) groups excluding carboxylic acids is 1. The SMILES string of the molecule is CC(C)(C)[Si](O[C@@H]1CC[C@@H]2[C@H]1OCC(=O)N2Cc1ccccc1)(c1ccccc1)c1ccccc1. The van der Waals surface area contributed by atoms with Crippen LogP contribution in [0, 0.1) is 0 Å². The lowest BCUT2D eigenvalue weighted by Crippen LogP contribution is -2.68. The predicted molar refractivity (Wildman–Crippen MR) is 142 cm³/mol. The van der Waals surface area contributed by atoms with Crippen LogP contribution in [0.25, 0.3) is 0 Å². The fourth-order valence-electron chi connectivity index (χ4n) is 5.93. The number of fused-ring (bicyclic) bond motifs is 1. The number of nitrogens with zero attached hydrogens (tertiary/aromatic N) is 1. The molecule has 4 nitrogen and oxygen atoms in total. The van der Waals surface area contributed by atoms with Gasteiger partial charge in [0.15, 0.2) is 0 Å². The number of carbonyl (C=O) groups is 1. The molecule has 3 atom stereocenters. The maximum absolute atomic E-state index is 12.9. The Kier molecular flexibility index (Phi) is 6.66. The van der Waals surface area contributed by atoms with E-state index in [0.29, 0.717) is 6.54 Å². The summed E-state index contributed by atoms with van der Waals surface area (Å²) in [5.74, 6) is 0.0706. The first-order chi connectivity index (χ1) is 16.9. The van der Waals surface area contributed by atoms with Gasteiger partial charge in [-0.1, -0.05) is 112 Å². The first kappa shape index (κ1) is 24.0. The predicted octanol–water partition coefficient (Wildman–Crippen LogP) is 4.52. The van der Waals surface area contributed by atoms with Crippen LogP contribution >= 0.6 is 0 Å². The molecule has 0 unspecified atom stereocenters. The Morgan fingerprint density at radius 3 is 1.94 bits per heavy atom. The summed E-state index contributed by atoms with van der Waals surface area (Å²) in [6.07, 6.45) is 1.61. The molecule has 0 aromatic heterocycles. The van der Waals surface area contributed by atoms with E-state index in [2.05, 4.69) is 93.6 Å². The normalized spacial score (nSPS) is 22.8. The zero-order valence-electron chi connectivity index (χ0n) is 20.9. The van der Waals surface area contributed by atoms with Crippen molar-refractivity contribution in [1.82, 2.24) is 4.90 Å². The molecule has 1 saturated carbocycles. The third-order valence-corrected chi connectivity index (χ3v) is 12.6. The molecule has 5 heteroatoms. The molecule has 1 aliphatic heterocycles. The second-order valence-corrected chi connectivity index (χ2v) is 15.0. The van der Waals surface area contributed by atoms with Crippen molar-refractivity contribution < 1.29 is 14.0 Å². The van der Waals surface area contributed by atoms with E-state index in [-0.39, 0.29) is 35.8 Å². The Morgan fingerprint density at radius 2 is 1.40 bits per heavy atom. The highest BCUT2D eigenvalue weighted by atomic mass is 28.4. The largest absolute Gasteiger partial charge is 0.402 e. The van der Waals surface area contributed by atoms with Gasteiger partial charge in [0.05, 0.1) is 12.1 Å². The summed E-state index contributed by atoms with van der Waals surface area (Å²) in [7, 11) is -2.69. The maximum Gasteiger partial charge on any atom is 0.261 e. The molecule has 1 heterocycles. The highest BCUT2D eigenvalue weighted by Gasteiger charge is 2.55. The van der Waals surface area contributed by atoms with Crippen molar-refractivity contribution >= 4 is 24.6 Å². The zero-order valence-corrected chi connectivity index (χ0v) is 21.9. The highest BCUT2D eigenvalue weighted by molar-refractivity contribution is 6.99. The Bertz CT molecular complexity index is 1090. The molecule has 3 aromatic rings. The average molecular weight is 486 g/mol. The second-order valence-electron chi connectivity index (χ2n) is 10.7. The quantitative estimate of drug-likeness (QED) is 0.482. The number of hydrogen-bond acceptors (Lipinski definition) is 3. The molecule has 3 aromatic carbocycles. The van der Waals surface area contributed by atoms with Crippen molar-refractivity contribution in [3.05, 3.63) is 96.6 Å². The molecule has 0 radical (unpaired) electrons. The van der Waals surface area contributed by atoms with E-state index in [1.54, 1.807) is 0 Å². The molecule has 2 aliphatic rings. The molecule has 1 aliphatic carbocycles. The van der Waals surface area contributed by atoms with Crippen LogP contribution in [0.3, 0.4) is 0 Å². The Labute approximate surface area is 210 Å². The van der Waals surface area contributed by atoms with Gasteiger partial charge in [-0.3, -0.25) is 4.79 Å². The first-order valence-corrected chi connectivity index (χ1v) is 14.5. The van der Waals surface area contributed by atoms with Crippen LogP contribution in [0.5, 0.6) is 0 Å². The first-order valence-electron chi connectivity index (χ1n) is 12.6. The maximum atomic E-state index is 12.9. The lowest BCUT2D eigenvalue weighted by molar-refractivity contribution is -0.160. The standard InChI is InChI=1S/C30H35NO3Si/c1-30(2,3)35(24-15-9-5-10-16-24,25-17-11-6-12-18-25)34-27-20-19-26-29(27)33-22-28(32)31(26)21-23-13-7-4-8-14-23/h4-18,26-27,29H,19-22H2,1-3H3/t26-,27-,29-/m1/s1. The fraction of sp³-hybridized carbons (Fsp3) is 0.367. The van der Waals surface area contributed by atoms with Crippen LogP contribution in [0.2, 0.25) is 5.04 Å². The van der Waals surface area contributed by atoms with Crippen molar-refractivity contribution in [1.29, 1.82) is 0 Å². The van der Waals surface area contributed by atoms with Crippen molar-refractivity contribution in [2.24, 2.45) is 0 Å². The zero-order chi connectivity index (χ0) is 24.5. The van der Waals surface area contributed by atoms with E-state index in [1.807, 2.05) is 23.1 Å². The number of benzene rings is 3. The fourth-order valence-corrected chi connectivity index (χ4v) is 10.6. The van der Waals surface area contributed by atoms with Crippen LogP contribution in [0.15, 0.2) is 91.0 Å². The lowest BCUT2D eigenvalue weighted by Gasteiger charge is -2.46. The minimum absolute atomic E-state index is 0.0414. The summed E-state index contributed by atoms with van der Waals surface area (Å²) in [5.41, 5.74) is 1.15. The Morgan fingerprint density at radius 1 is 0.857 bits per heavy atom. The second kappa shape index (κ2) is 9.73. The molecule has 1 saturated heterocycles. The van der Waals surface area contributed by atoms with Gasteiger partial charge in [0.2, 0.25) is 5.91 Å². The minimum atomic E-state index is -2.69. The minimum Gasteiger partial charge on any atom is -0.402 e. The Balaban J connectivity index is 1.50. The van der Waals surface area contributed by atoms with Crippen LogP contribution < -0.4 is 10.4 Å². The monoisotopic (exact) mass is 485 g/mol. The molecule has 0 N–H and O–H groups in total. The van der Waals surface area contributed by atoms with E-state index >= 15 is 0 Å². The van der Waals surface area contributed by atoms with E-state index in [1.165, 1.54) is 10.4 Å². The summed E-state index contributed by atoms with van der Waals surface area (Å²) in [5, 5.41) is 2.45. The van der Waals surface area contributed by atoms with Gasteiger partial charge in [0.25, 0.3) is 8.32 Å². The van der Waals surface area contributed by atoms with Gasteiger partial charge >= 0.3 is 0 Å². The van der Waals surface area contributed by atoms with Crippen LogP contribution in [0.4, 0.5) is 0 Å². The van der Waals surface area contributed by atoms with Gasteiger partial charge in [-0.25, -0.2) is 0 Å². The van der Waals surface area contributed by atoms with Crippen LogP contribution in [0.1, 0.15) is 39.2 Å². The number of hydrogen-bond donors (Lipinski definition) is 0. The van der Waals surface area contributed by atoms with Crippen molar-refractivity contribution in [2.75, 3.05) is 6.61 Å². The van der Waals surface area contributed by atoms with Gasteiger partial charge in [-0.15, -0.1) is 0 Å². The van der Waals surface area contributed by atoms with Gasteiger partial charge in [0, 0.05) is 6.54 Å². The third-order valence-electron chi connectivity index (χ3n) is 7.55. The van der Waals surface area contributed by atoms with Crippen molar-refractivity contribution in [2.45, 2.75) is 63.4 Å². The van der Waals surface area contributed by atoms with Gasteiger partial charge in [-0.05, 0) is 33.8 Å². The van der Waals surface area contributed by atoms with Gasteiger partial charge in [0.1, 0.15) is 12.7 Å². The van der Waals surface area contributed by atoms with Crippen molar-refractivity contribution in [3.8, 4) is 0 Å². The number of rotatable bonds is 6. The molecule has 182 valence electrons. The lowest BCUT2D eigenvalue weighted by atomic mass is 10.1. The van der Waals surface area contributed by atoms with Gasteiger partial charge < -0.3 is 14.1 Å². The smallest absolute Gasteiger partial charge is 0.261 e. The van der Waals surface area contributed by atoms with E-state index in [0.717, 1.165) is 18.4 Å². The van der Waals surface area contributed by atoms with Gasteiger partial charge in [-0.2, -0.15) is 0 Å². The topological polar surface area (TPSA) is 38.8 Å². The summed E-state index contributed by atoms with van der Waals surface area (Å²) in [4.78, 5) is 14.9. The molecule has 0 spiro atoms. The summed E-state index contributed by atoms with van der Waals surface area (Å²) >= 11 is 0. The molecule has 1 amide bonds. The number of ether oxygens (including phenoxy) is 1. The molecular formula is C30H35NO3Si. The van der Waals surface area contributed by atoms with Crippen LogP contribution in [-0.2, 0) is 20.5 Å². The summed E-state index contributed by atoms with van der Waals surface area (Å²) < 4.78 is 13.6. The molecule has 35 heavy (non-hydrogen) atoms. The molecule has 5 rings (SSSR count). The summed E-state index contributed by atoms with van der Waals surface area (Å²) in [6, 6.07) is 31.8. The van der Waals surface area contributed by atoms with Crippen molar-refractivity contribution in [3.63, 3.8) is 0 Å². The summed E-state index contributed by atoms with van der Waals surface area (Å²) in [6.45, 7) is 7.65. The van der Waals surface area contributed by atoms with E-state index < -0.39 is 8.32 Å². The molecular weight excluding hydrogens is 450 g/mol. The number of morpholine rings is 1. The van der Waals surface area contributed by atoms with E-state index in [9.17, 15) is 4.79 Å². The highest BCUT2D eigenvalue weighted by Crippen LogP contribution is 2.41. The molecule has 2 fully saturated rings. The van der Waals surface area contributed by atoms with E-state index in [4.69, 9.17) is 9.16 Å². The van der Waals surface area contributed by atoms with Crippen LogP contribution in [-0.4, -0.2) is 44.0 Å².